The van der Waals surface area contributed by atoms with Gasteiger partial charge in [0.05, 0.1) is 19.8 Å². The molecule has 0 atom stereocenters. The van der Waals surface area contributed by atoms with Crippen LogP contribution in [0, 0.1) is 0 Å². The number of nitrogens with zero attached hydrogens (tertiary/aromatic N) is 2. The van der Waals surface area contributed by atoms with Gasteiger partial charge in [0.15, 0.2) is 5.96 Å². The topological polar surface area (TPSA) is 48.9 Å². The summed E-state index contributed by atoms with van der Waals surface area (Å²) in [6.45, 7) is 16.1. The lowest BCUT2D eigenvalue weighted by molar-refractivity contribution is -0.0491. The highest BCUT2D eigenvalue weighted by Gasteiger charge is 2.29. The van der Waals surface area contributed by atoms with E-state index in [1.54, 1.807) is 0 Å². The number of morpholine rings is 1. The third-order valence-electron chi connectivity index (χ3n) is 3.23. The maximum Gasteiger partial charge on any atom is 0.191 e. The van der Waals surface area contributed by atoms with Crippen LogP contribution in [-0.2, 0) is 4.74 Å². The van der Waals surface area contributed by atoms with Gasteiger partial charge < -0.3 is 15.4 Å². The molecule has 1 heterocycles. The molecule has 0 radical (unpaired) electrons. The van der Waals surface area contributed by atoms with Crippen LogP contribution in [0.2, 0.25) is 0 Å². The molecule has 112 valence electrons. The smallest absolute Gasteiger partial charge is 0.191 e. The number of nitrogens with one attached hydrogen (secondary N) is 2. The Hall–Kier alpha value is -0.810. The van der Waals surface area contributed by atoms with E-state index in [2.05, 4.69) is 55.1 Å². The third kappa shape index (κ3) is 5.78. The van der Waals surface area contributed by atoms with Crippen molar-refractivity contribution >= 4 is 5.96 Å². The zero-order chi connectivity index (χ0) is 14.3. The number of hydrogen-bond acceptors (Lipinski definition) is 3. The zero-order valence-electron chi connectivity index (χ0n) is 13.1. The van der Waals surface area contributed by atoms with Crippen LogP contribution in [0.25, 0.3) is 0 Å². The fraction of sp³-hybridized carbons (Fsp3) is 0.929. The number of hydrogen-bond donors (Lipinski definition) is 2. The standard InChI is InChI=1S/C14H30N4O/c1-6-15-13(17-12(2)3)16-7-8-18-9-10-19-11-14(18,4)5/h12H,6-11H2,1-5H3,(H2,15,16,17). The van der Waals surface area contributed by atoms with Crippen LogP contribution >= 0.6 is 0 Å². The van der Waals surface area contributed by atoms with Gasteiger partial charge in [-0.25, -0.2) is 0 Å². The van der Waals surface area contributed by atoms with Gasteiger partial charge in [0.1, 0.15) is 0 Å². The molecule has 0 spiro atoms. The lowest BCUT2D eigenvalue weighted by atomic mass is 10.0. The largest absolute Gasteiger partial charge is 0.378 e. The van der Waals surface area contributed by atoms with E-state index in [0.717, 1.165) is 45.4 Å². The van der Waals surface area contributed by atoms with E-state index in [1.165, 1.54) is 0 Å². The van der Waals surface area contributed by atoms with Crippen molar-refractivity contribution in [3.63, 3.8) is 0 Å². The van der Waals surface area contributed by atoms with Crippen molar-refractivity contribution in [1.82, 2.24) is 15.5 Å². The van der Waals surface area contributed by atoms with E-state index in [1.807, 2.05) is 0 Å². The van der Waals surface area contributed by atoms with E-state index in [9.17, 15) is 0 Å². The minimum absolute atomic E-state index is 0.123. The third-order valence-corrected chi connectivity index (χ3v) is 3.23. The van der Waals surface area contributed by atoms with Crippen LogP contribution in [0.15, 0.2) is 4.99 Å². The first-order valence-corrected chi connectivity index (χ1v) is 7.33. The van der Waals surface area contributed by atoms with E-state index in [-0.39, 0.29) is 5.54 Å². The molecule has 0 saturated carbocycles. The van der Waals surface area contributed by atoms with Gasteiger partial charge in [-0.05, 0) is 34.6 Å². The second kappa shape index (κ2) is 7.70. The molecule has 5 nitrogen and oxygen atoms in total. The lowest BCUT2D eigenvalue weighted by Gasteiger charge is -2.41. The van der Waals surface area contributed by atoms with Crippen LogP contribution < -0.4 is 10.6 Å². The molecule has 1 fully saturated rings. The summed E-state index contributed by atoms with van der Waals surface area (Å²) < 4.78 is 5.53. The van der Waals surface area contributed by atoms with Crippen LogP contribution in [0.1, 0.15) is 34.6 Å². The Morgan fingerprint density at radius 3 is 2.74 bits per heavy atom. The van der Waals surface area contributed by atoms with Crippen LogP contribution in [0.3, 0.4) is 0 Å². The second-order valence-corrected chi connectivity index (χ2v) is 5.91. The summed E-state index contributed by atoms with van der Waals surface area (Å²) >= 11 is 0. The molecule has 0 aromatic heterocycles. The van der Waals surface area contributed by atoms with E-state index in [0.29, 0.717) is 6.04 Å². The molecule has 0 aliphatic carbocycles. The molecule has 0 aromatic carbocycles. The normalized spacial score (nSPS) is 20.6. The predicted molar refractivity (Wildman–Crippen MR) is 80.7 cm³/mol. The van der Waals surface area contributed by atoms with E-state index in [4.69, 9.17) is 4.74 Å². The minimum atomic E-state index is 0.123. The fourth-order valence-corrected chi connectivity index (χ4v) is 2.18. The molecule has 1 aliphatic rings. The van der Waals surface area contributed by atoms with Crippen molar-refractivity contribution in [2.45, 2.75) is 46.2 Å². The summed E-state index contributed by atoms with van der Waals surface area (Å²) in [5, 5.41) is 6.60. The summed E-state index contributed by atoms with van der Waals surface area (Å²) in [5.41, 5.74) is 0.123. The number of guanidine groups is 1. The Bertz CT molecular complexity index is 289. The molecule has 0 aromatic rings. The van der Waals surface area contributed by atoms with Crippen molar-refractivity contribution in [2.24, 2.45) is 4.99 Å². The lowest BCUT2D eigenvalue weighted by Crippen LogP contribution is -2.53. The number of ether oxygens (including phenoxy) is 1. The fourth-order valence-electron chi connectivity index (χ4n) is 2.18. The molecule has 0 amide bonds. The minimum Gasteiger partial charge on any atom is -0.378 e. The van der Waals surface area contributed by atoms with Crippen LogP contribution in [0.4, 0.5) is 0 Å². The number of aliphatic imine (C=N–C) groups is 1. The van der Waals surface area contributed by atoms with Gasteiger partial charge in [0.25, 0.3) is 0 Å². The first-order valence-electron chi connectivity index (χ1n) is 7.33. The maximum absolute atomic E-state index is 5.53. The molecular formula is C14H30N4O. The first-order chi connectivity index (χ1) is 8.95. The highest BCUT2D eigenvalue weighted by molar-refractivity contribution is 5.79. The highest BCUT2D eigenvalue weighted by atomic mass is 16.5. The van der Waals surface area contributed by atoms with Crippen molar-refractivity contribution < 1.29 is 4.74 Å². The van der Waals surface area contributed by atoms with Gasteiger partial charge in [-0.15, -0.1) is 0 Å². The van der Waals surface area contributed by atoms with Crippen molar-refractivity contribution in [3.8, 4) is 0 Å². The molecule has 0 unspecified atom stereocenters. The van der Waals surface area contributed by atoms with Crippen molar-refractivity contribution in [1.29, 1.82) is 0 Å². The SMILES string of the molecule is CCNC(=NCCN1CCOCC1(C)C)NC(C)C. The molecule has 2 N–H and O–H groups in total. The van der Waals surface area contributed by atoms with Gasteiger partial charge >= 0.3 is 0 Å². The van der Waals surface area contributed by atoms with E-state index >= 15 is 0 Å². The zero-order valence-corrected chi connectivity index (χ0v) is 13.1. The van der Waals surface area contributed by atoms with Crippen LogP contribution in [0.5, 0.6) is 0 Å². The molecule has 1 aliphatic heterocycles. The molecular weight excluding hydrogens is 240 g/mol. The van der Waals surface area contributed by atoms with Crippen molar-refractivity contribution in [3.05, 3.63) is 0 Å². The first kappa shape index (κ1) is 16.2. The van der Waals surface area contributed by atoms with E-state index < -0.39 is 0 Å². The van der Waals surface area contributed by atoms with Gasteiger partial charge in [-0.2, -0.15) is 0 Å². The Kier molecular flexibility index (Phi) is 6.58. The summed E-state index contributed by atoms with van der Waals surface area (Å²) in [4.78, 5) is 7.08. The highest BCUT2D eigenvalue weighted by Crippen LogP contribution is 2.17. The predicted octanol–water partition coefficient (Wildman–Crippen LogP) is 1.06. The Labute approximate surface area is 117 Å². The monoisotopic (exact) mass is 270 g/mol. The van der Waals surface area contributed by atoms with Gasteiger partial charge in [0.2, 0.25) is 0 Å². The van der Waals surface area contributed by atoms with Gasteiger partial charge in [0, 0.05) is 31.2 Å². The molecule has 1 rings (SSSR count). The number of rotatable bonds is 5. The maximum atomic E-state index is 5.53. The molecule has 0 bridgehead atoms. The summed E-state index contributed by atoms with van der Waals surface area (Å²) in [6.07, 6.45) is 0. The summed E-state index contributed by atoms with van der Waals surface area (Å²) in [5.74, 6) is 0.906. The van der Waals surface area contributed by atoms with Crippen molar-refractivity contribution in [2.75, 3.05) is 39.4 Å². The Morgan fingerprint density at radius 1 is 1.42 bits per heavy atom. The summed E-state index contributed by atoms with van der Waals surface area (Å²) in [7, 11) is 0. The molecule has 1 saturated heterocycles. The average molecular weight is 270 g/mol. The summed E-state index contributed by atoms with van der Waals surface area (Å²) in [6, 6.07) is 0.401. The van der Waals surface area contributed by atoms with Gasteiger partial charge in [-0.1, -0.05) is 0 Å². The Balaban J connectivity index is 2.44. The van der Waals surface area contributed by atoms with Crippen LogP contribution in [-0.4, -0.2) is 61.8 Å². The molecule has 5 heteroatoms. The quantitative estimate of drug-likeness (QED) is 0.579. The molecule has 19 heavy (non-hydrogen) atoms. The second-order valence-electron chi connectivity index (χ2n) is 5.91. The van der Waals surface area contributed by atoms with Gasteiger partial charge in [-0.3, -0.25) is 9.89 Å². The Morgan fingerprint density at radius 2 is 2.16 bits per heavy atom. The average Bonchev–Trinajstić information content (AvgIpc) is 2.30.